The zero-order valence-corrected chi connectivity index (χ0v) is 13.6. The average Bonchev–Trinajstić information content (AvgIpc) is 1.25. The van der Waals surface area contributed by atoms with Crippen molar-refractivity contribution in [3.05, 3.63) is 0 Å². The van der Waals surface area contributed by atoms with E-state index in [4.69, 9.17) is 30.0 Å². The van der Waals surface area contributed by atoms with Gasteiger partial charge in [-0.1, -0.05) is 0 Å². The van der Waals surface area contributed by atoms with E-state index in [2.05, 4.69) is 0 Å². The van der Waals surface area contributed by atoms with Gasteiger partial charge in [0.1, 0.15) is 0 Å². The Bertz CT molecular complexity index is 73.7. The summed E-state index contributed by atoms with van der Waals surface area (Å²) in [5.74, 6) is 0. The molecule has 0 unspecified atom stereocenters. The third-order valence-electron chi connectivity index (χ3n) is 0. The minimum Gasteiger partial charge on any atom is -0.565 e. The normalized spacial score (nSPS) is 4.80. The molecule has 0 fully saturated rings. The Balaban J connectivity index is -0.0000000300. The first-order valence-corrected chi connectivity index (χ1v) is 1.26. The van der Waals surface area contributed by atoms with Gasteiger partial charge >= 0.3 is 110 Å². The summed E-state index contributed by atoms with van der Waals surface area (Å²) in [5, 5.41) is 30.6. The third-order valence-corrected chi connectivity index (χ3v) is 0. The molecule has 0 aliphatic carbocycles. The molecule has 0 aliphatic heterocycles. The van der Waals surface area contributed by atoms with Gasteiger partial charge < -0.3 is 30.0 Å². The summed E-state index contributed by atoms with van der Waals surface area (Å²) >= 11 is 0. The van der Waals surface area contributed by atoms with Gasteiger partial charge in [0, 0.05) is 0 Å². The van der Waals surface area contributed by atoms with Gasteiger partial charge in [0.25, 0.3) is 0 Å². The van der Waals surface area contributed by atoms with Crippen LogP contribution < -0.4 is 120 Å². The molecule has 0 bridgehead atoms. The summed E-state index contributed by atoms with van der Waals surface area (Å²) in [4.78, 5) is 16.9. The summed E-state index contributed by atoms with van der Waals surface area (Å²) in [6, 6.07) is 0. The van der Waals surface area contributed by atoms with Crippen molar-refractivity contribution in [2.24, 2.45) is 0 Å². The third kappa shape index (κ3) is 205. The fourth-order valence-electron chi connectivity index (χ4n) is 0. The van der Waals surface area contributed by atoms with Crippen LogP contribution in [0.3, 0.4) is 0 Å². The summed E-state index contributed by atoms with van der Waals surface area (Å²) in [7, 11) is 0. The van der Waals surface area contributed by atoms with Gasteiger partial charge in [0.05, 0.1) is 0 Å². The fourth-order valence-corrected chi connectivity index (χ4v) is 0. The number of carboxylic acid groups (broad SMARTS) is 4. The van der Waals surface area contributed by atoms with Crippen LogP contribution in [-0.4, -0.2) is 22.5 Å². The quantitative estimate of drug-likeness (QED) is 0.410. The molecule has 8 heteroatoms. The molecule has 0 spiro atoms. The van der Waals surface area contributed by atoms with Gasteiger partial charge in [-0.2, -0.15) is 0 Å². The SMILES string of the molecule is O=C([O-])O.O=C([O-])O.[K+].[Rb+]. The first kappa shape index (κ1) is 22.7. The van der Waals surface area contributed by atoms with Crippen molar-refractivity contribution < 1.29 is 140 Å². The van der Waals surface area contributed by atoms with Gasteiger partial charge in [-0.3, -0.25) is 0 Å². The maximum atomic E-state index is 8.44. The molecule has 0 aromatic rings. The van der Waals surface area contributed by atoms with Crippen LogP contribution in [0.2, 0.25) is 0 Å². The molecule has 0 aliphatic rings. The molecule has 10 heavy (non-hydrogen) atoms. The van der Waals surface area contributed by atoms with Crippen LogP contribution in [0.25, 0.3) is 0 Å². The smallest absolute Gasteiger partial charge is 0.565 e. The van der Waals surface area contributed by atoms with Gasteiger partial charge in [0.2, 0.25) is 12.3 Å². The molecular weight excluding hydrogens is 245 g/mol. The van der Waals surface area contributed by atoms with Crippen LogP contribution in [0.4, 0.5) is 9.59 Å². The van der Waals surface area contributed by atoms with Crippen LogP contribution in [0.5, 0.6) is 0 Å². The summed E-state index contributed by atoms with van der Waals surface area (Å²) in [6.07, 6.45) is -4.17. The van der Waals surface area contributed by atoms with E-state index >= 15 is 0 Å². The average molecular weight is 247 g/mol. The Morgan fingerprint density at radius 2 is 1.00 bits per heavy atom. The van der Waals surface area contributed by atoms with Crippen LogP contribution >= 0.6 is 0 Å². The van der Waals surface area contributed by atoms with Crippen molar-refractivity contribution >= 4 is 12.3 Å². The Morgan fingerprint density at radius 3 is 1.00 bits per heavy atom. The van der Waals surface area contributed by atoms with E-state index in [-0.39, 0.29) is 110 Å². The summed E-state index contributed by atoms with van der Waals surface area (Å²) in [5.41, 5.74) is 0. The standard InChI is InChI=1S/2CH2O3.K.Rb/c2*2-1(3)4;;/h2*(H2,2,3,4);;/q;;2*+1/p-2. The molecule has 0 aromatic heterocycles. The van der Waals surface area contributed by atoms with Gasteiger partial charge in [0.15, 0.2) is 0 Å². The second kappa shape index (κ2) is 17.2. The predicted molar refractivity (Wildman–Crippen MR) is 16.0 cm³/mol. The second-order valence-corrected chi connectivity index (χ2v) is 0.532. The molecule has 0 radical (unpaired) electrons. The molecule has 6 nitrogen and oxygen atoms in total. The fraction of sp³-hybridized carbons (Fsp3) is 0. The van der Waals surface area contributed by atoms with Crippen LogP contribution in [0.15, 0.2) is 0 Å². The van der Waals surface area contributed by atoms with E-state index in [1.165, 1.54) is 0 Å². The van der Waals surface area contributed by atoms with Crippen LogP contribution in [0.1, 0.15) is 0 Å². The molecule has 0 atom stereocenters. The minimum absolute atomic E-state index is 0. The zero-order valence-electron chi connectivity index (χ0n) is 5.53. The Kier molecular flexibility index (Phi) is 39.0. The van der Waals surface area contributed by atoms with Gasteiger partial charge in [-0.05, 0) is 0 Å². The Hall–Kier alpha value is 1.98. The van der Waals surface area contributed by atoms with Crippen molar-refractivity contribution in [2.75, 3.05) is 0 Å². The van der Waals surface area contributed by atoms with E-state index < -0.39 is 12.3 Å². The predicted octanol–water partition coefficient (Wildman–Crippen LogP) is -8.22. The number of carbonyl (C=O) groups is 2. The van der Waals surface area contributed by atoms with Crippen LogP contribution in [-0.2, 0) is 0 Å². The van der Waals surface area contributed by atoms with E-state index in [0.29, 0.717) is 0 Å². The summed E-state index contributed by atoms with van der Waals surface area (Å²) in [6.45, 7) is 0. The van der Waals surface area contributed by atoms with Crippen molar-refractivity contribution in [3.63, 3.8) is 0 Å². The topological polar surface area (TPSA) is 121 Å². The number of rotatable bonds is 0. The molecule has 0 amide bonds. The largest absolute Gasteiger partial charge is 1.00 e. The van der Waals surface area contributed by atoms with E-state index in [1.807, 2.05) is 0 Å². The molecular formula is C2H2KO6Rb. The Labute approximate surface area is 148 Å². The number of hydrogen-bond acceptors (Lipinski definition) is 4. The monoisotopic (exact) mass is 246 g/mol. The maximum Gasteiger partial charge on any atom is 1.00 e. The Morgan fingerprint density at radius 1 is 1.00 bits per heavy atom. The maximum absolute atomic E-state index is 8.44. The van der Waals surface area contributed by atoms with Crippen molar-refractivity contribution in [1.29, 1.82) is 0 Å². The molecule has 0 saturated carbocycles. The molecule has 48 valence electrons. The molecule has 0 saturated heterocycles. The first-order chi connectivity index (χ1) is 3.46. The molecule has 0 aromatic carbocycles. The molecule has 0 heterocycles. The summed E-state index contributed by atoms with van der Waals surface area (Å²) < 4.78 is 0. The van der Waals surface area contributed by atoms with Crippen molar-refractivity contribution in [1.82, 2.24) is 0 Å². The van der Waals surface area contributed by atoms with E-state index in [9.17, 15) is 0 Å². The second-order valence-electron chi connectivity index (χ2n) is 0.532. The zero-order chi connectivity index (χ0) is 7.15. The van der Waals surface area contributed by atoms with Crippen LogP contribution in [0, 0.1) is 0 Å². The van der Waals surface area contributed by atoms with Crippen molar-refractivity contribution in [2.45, 2.75) is 0 Å². The first-order valence-electron chi connectivity index (χ1n) is 1.26. The van der Waals surface area contributed by atoms with Gasteiger partial charge in [-0.25, -0.2) is 0 Å². The molecule has 2 N–H and O–H groups in total. The van der Waals surface area contributed by atoms with E-state index in [1.54, 1.807) is 0 Å². The van der Waals surface area contributed by atoms with E-state index in [0.717, 1.165) is 0 Å². The minimum atomic E-state index is -2.08. The van der Waals surface area contributed by atoms with Crippen molar-refractivity contribution in [3.8, 4) is 0 Å². The van der Waals surface area contributed by atoms with Gasteiger partial charge in [-0.15, -0.1) is 0 Å². The molecule has 0 rings (SSSR count). The number of hydrogen-bond donors (Lipinski definition) is 2.